The van der Waals surface area contributed by atoms with E-state index in [-0.39, 0.29) is 0 Å². The first-order chi connectivity index (χ1) is 5.23. The third kappa shape index (κ3) is 1.97. The molecule has 0 N–H and O–H groups in total. The Bertz CT molecular complexity index is 224. The summed E-state index contributed by atoms with van der Waals surface area (Å²) < 4.78 is 36.3. The average Bonchev–Trinajstić information content (AvgIpc) is 1.85. The third-order valence-electron chi connectivity index (χ3n) is 1.63. The van der Waals surface area contributed by atoms with Crippen molar-refractivity contribution >= 4 is 5.78 Å². The highest BCUT2D eigenvalue weighted by atomic mass is 19.4. The highest BCUT2D eigenvalue weighted by Crippen LogP contribution is 2.38. The summed E-state index contributed by atoms with van der Waals surface area (Å²) in [4.78, 5) is 13.4. The summed E-state index contributed by atoms with van der Waals surface area (Å²) in [5.74, 6) is -1.09. The molecule has 0 radical (unpaired) electrons. The van der Waals surface area contributed by atoms with Gasteiger partial charge in [-0.05, 0) is 13.8 Å². The highest BCUT2D eigenvalue weighted by Gasteiger charge is 2.53. The summed E-state index contributed by atoms with van der Waals surface area (Å²) in [5.41, 5.74) is -2.41. The number of rotatable bonds is 2. The van der Waals surface area contributed by atoms with Crippen molar-refractivity contribution in [1.82, 2.24) is 0 Å². The minimum Gasteiger partial charge on any atom is -0.308 e. The Labute approximate surface area is 68.2 Å². The zero-order valence-corrected chi connectivity index (χ0v) is 6.70. The van der Waals surface area contributed by atoms with Gasteiger partial charge >= 0.3 is 6.18 Å². The molecule has 0 saturated carbocycles. The van der Waals surface area contributed by atoms with E-state index in [2.05, 4.69) is 4.85 Å². The van der Waals surface area contributed by atoms with E-state index in [1.807, 2.05) is 0 Å². The summed E-state index contributed by atoms with van der Waals surface area (Å²) >= 11 is 0. The molecule has 0 unspecified atom stereocenters. The van der Waals surface area contributed by atoms with Gasteiger partial charge in [-0.2, -0.15) is 13.2 Å². The molecule has 12 heavy (non-hydrogen) atoms. The Balaban J connectivity index is 4.64. The summed E-state index contributed by atoms with van der Waals surface area (Å²) in [5, 5.41) is 0. The molecule has 0 aliphatic rings. The van der Waals surface area contributed by atoms with Crippen molar-refractivity contribution in [2.45, 2.75) is 20.0 Å². The van der Waals surface area contributed by atoms with Crippen molar-refractivity contribution in [3.63, 3.8) is 0 Å². The first-order valence-electron chi connectivity index (χ1n) is 3.16. The van der Waals surface area contributed by atoms with E-state index < -0.39 is 23.9 Å². The molecule has 5 heteroatoms. The molecule has 0 aromatic rings. The van der Waals surface area contributed by atoms with E-state index in [9.17, 15) is 18.0 Å². The molecular weight excluding hydrogens is 171 g/mol. The minimum atomic E-state index is -4.57. The van der Waals surface area contributed by atoms with E-state index in [4.69, 9.17) is 6.57 Å². The van der Waals surface area contributed by atoms with Crippen LogP contribution < -0.4 is 0 Å². The minimum absolute atomic E-state index is 0.716. The van der Waals surface area contributed by atoms with Gasteiger partial charge in [-0.25, -0.2) is 6.57 Å². The van der Waals surface area contributed by atoms with Gasteiger partial charge in [0.1, 0.15) is 5.41 Å². The van der Waals surface area contributed by atoms with Gasteiger partial charge in [0.25, 0.3) is 6.54 Å². The van der Waals surface area contributed by atoms with Crippen molar-refractivity contribution < 1.29 is 18.0 Å². The normalized spacial score (nSPS) is 12.3. The number of carbonyl (C=O) groups excluding carboxylic acids is 1. The average molecular weight is 179 g/mol. The number of Topliss-reactive ketones (excluding diaryl/α,β-unsaturated/α-hetero) is 1. The lowest BCUT2D eigenvalue weighted by molar-refractivity contribution is -0.209. The standard InChI is InChI=1S/C7H8F3NO/c1-6(2,7(8,9)10)5(12)4-11-3/h4H2,1-2H3. The molecule has 0 spiro atoms. The second-order valence-electron chi connectivity index (χ2n) is 2.86. The van der Waals surface area contributed by atoms with Crippen LogP contribution in [0.3, 0.4) is 0 Å². The molecule has 0 aromatic heterocycles. The summed E-state index contributed by atoms with van der Waals surface area (Å²) in [7, 11) is 0. The summed E-state index contributed by atoms with van der Waals surface area (Å²) in [6, 6.07) is 0. The van der Waals surface area contributed by atoms with E-state index in [0.29, 0.717) is 0 Å². The number of halogens is 3. The molecule has 0 atom stereocenters. The summed E-state index contributed by atoms with van der Waals surface area (Å²) in [6.45, 7) is 7.10. The number of hydrogen-bond acceptors (Lipinski definition) is 1. The first kappa shape index (κ1) is 11.0. The second-order valence-corrected chi connectivity index (χ2v) is 2.86. The monoisotopic (exact) mass is 179 g/mol. The van der Waals surface area contributed by atoms with Crippen LogP contribution >= 0.6 is 0 Å². The molecule has 2 nitrogen and oxygen atoms in total. The largest absolute Gasteiger partial charge is 0.401 e. The fourth-order valence-electron chi connectivity index (χ4n) is 0.428. The highest BCUT2D eigenvalue weighted by molar-refractivity contribution is 5.87. The molecule has 0 aromatic carbocycles. The van der Waals surface area contributed by atoms with Crippen molar-refractivity contribution in [3.05, 3.63) is 11.4 Å². The Kier molecular flexibility index (Phi) is 2.86. The van der Waals surface area contributed by atoms with Crippen molar-refractivity contribution in [1.29, 1.82) is 0 Å². The van der Waals surface area contributed by atoms with E-state index >= 15 is 0 Å². The van der Waals surface area contributed by atoms with Crippen LogP contribution in [0.25, 0.3) is 4.85 Å². The SMILES string of the molecule is [C-]#[N+]CC(=O)C(C)(C)C(F)(F)F. The third-order valence-corrected chi connectivity index (χ3v) is 1.63. The van der Waals surface area contributed by atoms with Gasteiger partial charge in [0.15, 0.2) is 0 Å². The van der Waals surface area contributed by atoms with Crippen LogP contribution in [-0.4, -0.2) is 18.5 Å². The van der Waals surface area contributed by atoms with Gasteiger partial charge < -0.3 is 4.85 Å². The summed E-state index contributed by atoms with van der Waals surface area (Å²) in [6.07, 6.45) is -4.57. The molecule has 0 fully saturated rings. The molecule has 0 aliphatic heterocycles. The maximum atomic E-state index is 12.1. The second kappa shape index (κ2) is 3.13. The molecule has 0 bridgehead atoms. The number of hydrogen-bond donors (Lipinski definition) is 0. The van der Waals surface area contributed by atoms with Crippen molar-refractivity contribution in [3.8, 4) is 0 Å². The van der Waals surface area contributed by atoms with Gasteiger partial charge in [-0.1, -0.05) is 0 Å². The molecule has 0 aliphatic carbocycles. The zero-order valence-electron chi connectivity index (χ0n) is 6.70. The van der Waals surface area contributed by atoms with Gasteiger partial charge in [0.2, 0.25) is 5.78 Å². The predicted octanol–water partition coefficient (Wildman–Crippen LogP) is 2.06. The van der Waals surface area contributed by atoms with Gasteiger partial charge in [-0.3, -0.25) is 4.79 Å². The van der Waals surface area contributed by atoms with Crippen LogP contribution in [0.5, 0.6) is 0 Å². The molecule has 0 rings (SSSR count). The van der Waals surface area contributed by atoms with Crippen LogP contribution in [0.2, 0.25) is 0 Å². The predicted molar refractivity (Wildman–Crippen MR) is 36.3 cm³/mol. The molecule has 0 heterocycles. The zero-order chi connectivity index (χ0) is 9.99. The van der Waals surface area contributed by atoms with Crippen molar-refractivity contribution in [2.75, 3.05) is 6.54 Å². The maximum absolute atomic E-state index is 12.1. The lowest BCUT2D eigenvalue weighted by atomic mass is 9.87. The molecule has 0 amide bonds. The maximum Gasteiger partial charge on any atom is 0.401 e. The Morgan fingerprint density at radius 1 is 1.42 bits per heavy atom. The number of alkyl halides is 3. The lowest BCUT2D eigenvalue weighted by Crippen LogP contribution is -2.40. The van der Waals surface area contributed by atoms with Crippen LogP contribution in [0.1, 0.15) is 13.8 Å². The van der Waals surface area contributed by atoms with Gasteiger partial charge in [-0.15, -0.1) is 0 Å². The first-order valence-corrected chi connectivity index (χ1v) is 3.16. The lowest BCUT2D eigenvalue weighted by Gasteiger charge is -2.23. The number of nitrogens with zero attached hydrogens (tertiary/aromatic N) is 1. The van der Waals surface area contributed by atoms with E-state index in [0.717, 1.165) is 13.8 Å². The van der Waals surface area contributed by atoms with Crippen molar-refractivity contribution in [2.24, 2.45) is 5.41 Å². The Morgan fingerprint density at radius 3 is 2.08 bits per heavy atom. The van der Waals surface area contributed by atoms with Gasteiger partial charge in [0.05, 0.1) is 0 Å². The Morgan fingerprint density at radius 2 is 1.83 bits per heavy atom. The topological polar surface area (TPSA) is 21.4 Å². The van der Waals surface area contributed by atoms with Crippen LogP contribution in [0.15, 0.2) is 0 Å². The number of carbonyl (C=O) groups is 1. The van der Waals surface area contributed by atoms with Gasteiger partial charge in [0, 0.05) is 0 Å². The fraction of sp³-hybridized carbons (Fsp3) is 0.714. The van der Waals surface area contributed by atoms with E-state index in [1.165, 1.54) is 0 Å². The smallest absolute Gasteiger partial charge is 0.308 e. The van der Waals surface area contributed by atoms with Crippen LogP contribution in [0.4, 0.5) is 13.2 Å². The van der Waals surface area contributed by atoms with Crippen LogP contribution in [-0.2, 0) is 4.79 Å². The van der Waals surface area contributed by atoms with Crippen LogP contribution in [0, 0.1) is 12.0 Å². The molecular formula is C7H8F3NO. The molecule has 68 valence electrons. The van der Waals surface area contributed by atoms with E-state index in [1.54, 1.807) is 0 Å². The molecule has 0 saturated heterocycles. The number of ketones is 1. The Hall–Kier alpha value is -1.05. The quantitative estimate of drug-likeness (QED) is 0.594. The fourth-order valence-corrected chi connectivity index (χ4v) is 0.428.